The van der Waals surface area contributed by atoms with Crippen molar-refractivity contribution in [3.05, 3.63) is 186 Å². The van der Waals surface area contributed by atoms with Crippen molar-refractivity contribution < 1.29 is 0 Å². The van der Waals surface area contributed by atoms with Crippen molar-refractivity contribution in [2.45, 2.75) is 88.9 Å². The molecule has 11 rings (SSSR count). The summed E-state index contributed by atoms with van der Waals surface area (Å²) in [4.78, 5) is 2.53. The number of hydrogen-bond acceptors (Lipinski definition) is 1. The molecule has 3 saturated carbocycles. The largest absolute Gasteiger partial charge is 0.310 e. The van der Waals surface area contributed by atoms with Crippen molar-refractivity contribution in [1.82, 2.24) is 0 Å². The fourth-order valence-corrected chi connectivity index (χ4v) is 11.9. The molecule has 3 unspecified atom stereocenters. The lowest BCUT2D eigenvalue weighted by atomic mass is 9.81. The summed E-state index contributed by atoms with van der Waals surface area (Å²) in [7, 11) is 0. The van der Waals surface area contributed by atoms with Crippen molar-refractivity contribution in [1.29, 1.82) is 0 Å². The molecule has 3 atom stereocenters. The van der Waals surface area contributed by atoms with Crippen LogP contribution in [0.5, 0.6) is 0 Å². The first-order valence-electron chi connectivity index (χ1n) is 22.5. The minimum atomic E-state index is -0.164. The SMILES string of the molecule is CC1(C)c2ccccc2-c2c(-c3ccccc3-c3ccccc3)cc(N(c3ccc(-c4cccc(C5CCCCC5)c4)cc3)c3ccc(C4CC5CCC4C5)cc3)cc21. The van der Waals surface area contributed by atoms with Crippen molar-refractivity contribution in [3.8, 4) is 44.5 Å². The van der Waals surface area contributed by atoms with Gasteiger partial charge in [0.05, 0.1) is 0 Å². The molecule has 0 saturated heterocycles. The third-order valence-corrected chi connectivity index (χ3v) is 15.0. The Morgan fingerprint density at radius 1 is 0.441 bits per heavy atom. The third-order valence-electron chi connectivity index (χ3n) is 15.0. The third kappa shape index (κ3) is 6.46. The van der Waals surface area contributed by atoms with E-state index in [4.69, 9.17) is 0 Å². The van der Waals surface area contributed by atoms with E-state index >= 15 is 0 Å². The van der Waals surface area contributed by atoms with Gasteiger partial charge in [-0.3, -0.25) is 0 Å². The second-order valence-electron chi connectivity index (χ2n) is 18.7. The van der Waals surface area contributed by atoms with Gasteiger partial charge in [-0.15, -0.1) is 0 Å². The van der Waals surface area contributed by atoms with E-state index in [-0.39, 0.29) is 5.41 Å². The number of nitrogens with zero attached hydrogens (tertiary/aromatic N) is 1. The van der Waals surface area contributed by atoms with Crippen LogP contribution in [0, 0.1) is 11.8 Å². The zero-order valence-electron chi connectivity index (χ0n) is 34.7. The van der Waals surface area contributed by atoms with Crippen LogP contribution in [0.2, 0.25) is 0 Å². The van der Waals surface area contributed by atoms with Crippen molar-refractivity contribution in [3.63, 3.8) is 0 Å². The van der Waals surface area contributed by atoms with E-state index in [0.717, 1.165) is 11.8 Å². The Labute approximate surface area is 351 Å². The lowest BCUT2D eigenvalue weighted by Crippen LogP contribution is -2.17. The Morgan fingerprint density at radius 3 is 1.85 bits per heavy atom. The molecule has 7 aromatic rings. The topological polar surface area (TPSA) is 3.24 Å². The maximum atomic E-state index is 2.53. The van der Waals surface area contributed by atoms with Crippen molar-refractivity contribution >= 4 is 17.1 Å². The molecule has 1 nitrogen and oxygen atoms in total. The van der Waals surface area contributed by atoms with Crippen LogP contribution in [0.3, 0.4) is 0 Å². The quantitative estimate of drug-likeness (QED) is 0.149. The molecule has 4 aliphatic rings. The molecule has 0 N–H and O–H groups in total. The number of rotatable bonds is 8. The van der Waals surface area contributed by atoms with Gasteiger partial charge in [-0.25, -0.2) is 0 Å². The number of benzene rings is 7. The molecule has 0 aliphatic heterocycles. The maximum Gasteiger partial charge on any atom is 0.0471 e. The minimum Gasteiger partial charge on any atom is -0.310 e. The maximum absolute atomic E-state index is 2.53. The number of hydrogen-bond donors (Lipinski definition) is 0. The Bertz CT molecular complexity index is 2630. The lowest BCUT2D eigenvalue weighted by Gasteiger charge is -2.30. The van der Waals surface area contributed by atoms with Gasteiger partial charge >= 0.3 is 0 Å². The van der Waals surface area contributed by atoms with E-state index in [1.807, 2.05) is 0 Å². The average Bonchev–Trinajstić information content (AvgIpc) is 4.00. The van der Waals surface area contributed by atoms with Gasteiger partial charge in [-0.05, 0) is 159 Å². The lowest BCUT2D eigenvalue weighted by molar-refractivity contribution is 0.420. The van der Waals surface area contributed by atoms with E-state index < -0.39 is 0 Å². The van der Waals surface area contributed by atoms with E-state index in [9.17, 15) is 0 Å². The fourth-order valence-electron chi connectivity index (χ4n) is 11.9. The molecule has 0 heterocycles. The molecule has 4 aliphatic carbocycles. The van der Waals surface area contributed by atoms with Crippen LogP contribution < -0.4 is 4.90 Å². The van der Waals surface area contributed by atoms with Crippen LogP contribution in [0.4, 0.5) is 17.1 Å². The van der Waals surface area contributed by atoms with Gasteiger partial charge in [0, 0.05) is 22.5 Å². The average molecular weight is 766 g/mol. The highest BCUT2D eigenvalue weighted by atomic mass is 15.1. The summed E-state index contributed by atoms with van der Waals surface area (Å²) in [5.41, 5.74) is 19.6. The van der Waals surface area contributed by atoms with Gasteiger partial charge in [0.2, 0.25) is 0 Å². The molecule has 0 spiro atoms. The zero-order chi connectivity index (χ0) is 39.5. The molecule has 0 radical (unpaired) electrons. The van der Waals surface area contributed by atoms with Gasteiger partial charge in [-0.1, -0.05) is 167 Å². The van der Waals surface area contributed by atoms with E-state index in [1.54, 1.807) is 0 Å². The Morgan fingerprint density at radius 2 is 1.12 bits per heavy atom. The van der Waals surface area contributed by atoms with Crippen LogP contribution in [0.15, 0.2) is 164 Å². The van der Waals surface area contributed by atoms with E-state index in [0.29, 0.717) is 11.8 Å². The predicted octanol–water partition coefficient (Wildman–Crippen LogP) is 16.4. The molecule has 292 valence electrons. The normalized spacial score (nSPS) is 20.3. The molecule has 3 fully saturated rings. The smallest absolute Gasteiger partial charge is 0.0471 e. The molecular weight excluding hydrogens is 711 g/mol. The number of fused-ring (bicyclic) bond motifs is 5. The summed E-state index contributed by atoms with van der Waals surface area (Å²) >= 11 is 0. The Balaban J connectivity index is 1.07. The first-order chi connectivity index (χ1) is 29.0. The van der Waals surface area contributed by atoms with Gasteiger partial charge in [0.25, 0.3) is 0 Å². The molecular formula is C58H55N. The molecule has 7 aromatic carbocycles. The Hall–Kier alpha value is -5.66. The Kier molecular flexibility index (Phi) is 9.18. The summed E-state index contributed by atoms with van der Waals surface area (Å²) in [6, 6.07) is 62.6. The summed E-state index contributed by atoms with van der Waals surface area (Å²) in [5.74, 6) is 3.19. The van der Waals surface area contributed by atoms with Crippen LogP contribution in [0.25, 0.3) is 44.5 Å². The van der Waals surface area contributed by atoms with Gasteiger partial charge in [-0.2, -0.15) is 0 Å². The standard InChI is InChI=1S/C58H55N/c1-58(2)55-23-12-11-22-52(55)57-54(51-21-10-9-20-50(51)42-16-7-4-8-17-42)37-49(38-56(57)58)59(48-32-28-43(29-33-48)53-35-39-24-25-46(53)34-39)47-30-26-41(27-31-47)45-19-13-18-44(36-45)40-14-5-3-6-15-40/h4,7-13,16-23,26-33,36-40,46,53H,3,5-6,14-15,24-25,34-35H2,1-2H3. The first-order valence-corrected chi connectivity index (χ1v) is 22.5. The summed E-state index contributed by atoms with van der Waals surface area (Å²) in [5, 5.41) is 0. The molecule has 2 bridgehead atoms. The fraction of sp³-hybridized carbons (Fsp3) is 0.276. The van der Waals surface area contributed by atoms with E-state index in [2.05, 4.69) is 183 Å². The van der Waals surface area contributed by atoms with E-state index in [1.165, 1.54) is 142 Å². The zero-order valence-corrected chi connectivity index (χ0v) is 34.7. The summed E-state index contributed by atoms with van der Waals surface area (Å²) in [6.45, 7) is 4.83. The van der Waals surface area contributed by atoms with Gasteiger partial charge in [0.1, 0.15) is 0 Å². The van der Waals surface area contributed by atoms with Gasteiger partial charge in [0.15, 0.2) is 0 Å². The molecule has 0 aromatic heterocycles. The first kappa shape index (κ1) is 36.4. The van der Waals surface area contributed by atoms with Crippen molar-refractivity contribution in [2.75, 3.05) is 4.90 Å². The van der Waals surface area contributed by atoms with Crippen LogP contribution in [-0.4, -0.2) is 0 Å². The molecule has 1 heteroatoms. The summed E-state index contributed by atoms with van der Waals surface area (Å²) in [6.07, 6.45) is 12.4. The summed E-state index contributed by atoms with van der Waals surface area (Å²) < 4.78 is 0. The second-order valence-corrected chi connectivity index (χ2v) is 18.7. The van der Waals surface area contributed by atoms with Crippen LogP contribution >= 0.6 is 0 Å². The van der Waals surface area contributed by atoms with Gasteiger partial charge < -0.3 is 4.90 Å². The molecule has 0 amide bonds. The van der Waals surface area contributed by atoms with Crippen molar-refractivity contribution in [2.24, 2.45) is 11.8 Å². The van der Waals surface area contributed by atoms with Crippen LogP contribution in [0.1, 0.15) is 106 Å². The minimum absolute atomic E-state index is 0.164. The highest BCUT2D eigenvalue weighted by Crippen LogP contribution is 2.56. The highest BCUT2D eigenvalue weighted by Gasteiger charge is 2.41. The highest BCUT2D eigenvalue weighted by molar-refractivity contribution is 5.99. The second kappa shape index (κ2) is 14.9. The predicted molar refractivity (Wildman–Crippen MR) is 249 cm³/mol. The number of anilines is 3. The monoisotopic (exact) mass is 765 g/mol. The van der Waals surface area contributed by atoms with Crippen LogP contribution in [-0.2, 0) is 5.41 Å². The molecule has 59 heavy (non-hydrogen) atoms.